The Hall–Kier alpha value is -3.99. The molecule has 0 aliphatic carbocycles. The van der Waals surface area contributed by atoms with Crippen molar-refractivity contribution in [3.8, 4) is 0 Å². The number of hydrogen-bond donors (Lipinski definition) is 5. The van der Waals surface area contributed by atoms with Crippen molar-refractivity contribution in [1.82, 2.24) is 14.9 Å². The van der Waals surface area contributed by atoms with E-state index in [-0.39, 0.29) is 4.90 Å². The van der Waals surface area contributed by atoms with Crippen LogP contribution in [0.2, 0.25) is 0 Å². The summed E-state index contributed by atoms with van der Waals surface area (Å²) in [4.78, 5) is 13.3. The van der Waals surface area contributed by atoms with Gasteiger partial charge in [0.15, 0.2) is 5.82 Å². The summed E-state index contributed by atoms with van der Waals surface area (Å²) < 4.78 is 29.3. The van der Waals surface area contributed by atoms with Crippen LogP contribution in [0.25, 0.3) is 0 Å². The van der Waals surface area contributed by atoms with E-state index in [1.54, 1.807) is 62.4 Å². The highest BCUT2D eigenvalue weighted by molar-refractivity contribution is 7.89. The quantitative estimate of drug-likeness (QED) is 0.217. The van der Waals surface area contributed by atoms with E-state index in [1.165, 1.54) is 0 Å². The molecular weight excluding hydrogens is 526 g/mol. The number of anilines is 2. The lowest BCUT2D eigenvalue weighted by atomic mass is 9.82. The Morgan fingerprint density at radius 1 is 1.00 bits per heavy atom. The third-order valence-corrected chi connectivity index (χ3v) is 8.65. The fourth-order valence-corrected chi connectivity index (χ4v) is 6.09. The lowest BCUT2D eigenvalue weighted by Crippen LogP contribution is -2.54. The van der Waals surface area contributed by atoms with Crippen LogP contribution in [0.15, 0.2) is 83.8 Å². The minimum Gasteiger partial charge on any atom is -0.389 e. The molecule has 1 aliphatic heterocycles. The standard InChI is InChI=1S/C30H33N5O4S/c1-4-19-10-13-23(14-11-19)40(38,39)35-27-24-17-21(12-15-25(24)32-30(2,3)28(27)36)29(37)31-26-18-22(33-34-26)16-20-8-6-5-7-9-20/h5-15,17-18,27-28,32,35-36H,4,16H2,1-3H3,(H2,31,33,34,37)/t27-,28+/m1/s1. The number of aliphatic hydroxyl groups is 1. The van der Waals surface area contributed by atoms with Crippen molar-refractivity contribution in [3.63, 3.8) is 0 Å². The number of aryl methyl sites for hydroxylation is 1. The smallest absolute Gasteiger partial charge is 0.256 e. The van der Waals surface area contributed by atoms with Crippen LogP contribution in [0.1, 0.15) is 59.6 Å². The first-order valence-electron chi connectivity index (χ1n) is 13.2. The normalized spacial score (nSPS) is 18.0. The summed E-state index contributed by atoms with van der Waals surface area (Å²) in [6.07, 6.45) is 0.319. The highest BCUT2D eigenvalue weighted by atomic mass is 32.2. The number of nitrogens with one attached hydrogen (secondary N) is 4. The molecule has 208 valence electrons. The first-order chi connectivity index (χ1) is 19.1. The zero-order valence-electron chi connectivity index (χ0n) is 22.6. The number of fused-ring (bicyclic) bond motifs is 1. The van der Waals surface area contributed by atoms with E-state index in [1.807, 2.05) is 37.3 Å². The Morgan fingerprint density at radius 3 is 2.42 bits per heavy atom. The molecule has 0 saturated heterocycles. The molecule has 1 amide bonds. The number of amides is 1. The molecule has 0 saturated carbocycles. The van der Waals surface area contributed by atoms with Gasteiger partial charge in [-0.05, 0) is 67.3 Å². The number of nitrogens with zero attached hydrogens (tertiary/aromatic N) is 1. The van der Waals surface area contributed by atoms with Gasteiger partial charge in [-0.3, -0.25) is 9.89 Å². The van der Waals surface area contributed by atoms with Gasteiger partial charge in [0.25, 0.3) is 5.91 Å². The molecule has 3 aromatic carbocycles. The average Bonchev–Trinajstić information content (AvgIpc) is 3.37. The topological polar surface area (TPSA) is 136 Å². The van der Waals surface area contributed by atoms with Crippen molar-refractivity contribution in [3.05, 3.63) is 107 Å². The zero-order valence-corrected chi connectivity index (χ0v) is 23.4. The number of aromatic amines is 1. The van der Waals surface area contributed by atoms with Crippen LogP contribution in [0, 0.1) is 0 Å². The maximum absolute atomic E-state index is 13.3. The van der Waals surface area contributed by atoms with Gasteiger partial charge < -0.3 is 15.7 Å². The van der Waals surface area contributed by atoms with Crippen LogP contribution in [-0.2, 0) is 22.9 Å². The van der Waals surface area contributed by atoms with Crippen molar-refractivity contribution in [2.75, 3.05) is 10.6 Å². The molecule has 1 aliphatic rings. The van der Waals surface area contributed by atoms with Gasteiger partial charge in [0.1, 0.15) is 0 Å². The molecular formula is C30H33N5O4S. The van der Waals surface area contributed by atoms with Crippen molar-refractivity contribution in [2.24, 2.45) is 0 Å². The van der Waals surface area contributed by atoms with E-state index >= 15 is 0 Å². The molecule has 0 spiro atoms. The van der Waals surface area contributed by atoms with E-state index in [0.29, 0.717) is 29.1 Å². The second-order valence-electron chi connectivity index (χ2n) is 10.6. The van der Waals surface area contributed by atoms with Gasteiger partial charge in [0, 0.05) is 29.4 Å². The molecule has 9 nitrogen and oxygen atoms in total. The molecule has 40 heavy (non-hydrogen) atoms. The number of benzene rings is 3. The first-order valence-corrected chi connectivity index (χ1v) is 14.6. The van der Waals surface area contributed by atoms with Gasteiger partial charge in [-0.2, -0.15) is 5.10 Å². The maximum Gasteiger partial charge on any atom is 0.256 e. The molecule has 1 aromatic heterocycles. The minimum atomic E-state index is -3.97. The molecule has 2 atom stereocenters. The van der Waals surface area contributed by atoms with Gasteiger partial charge in [-0.25, -0.2) is 13.1 Å². The van der Waals surface area contributed by atoms with Gasteiger partial charge >= 0.3 is 0 Å². The number of aromatic nitrogens is 2. The number of aliphatic hydroxyl groups excluding tert-OH is 1. The largest absolute Gasteiger partial charge is 0.389 e. The Balaban J connectivity index is 1.39. The SMILES string of the molecule is CCc1ccc(S(=O)(=O)N[C@@H]2c3cc(C(=O)Nc4cc(Cc5ccccc5)[nH]n4)ccc3NC(C)(C)[C@H]2O)cc1. The Labute approximate surface area is 234 Å². The third kappa shape index (κ3) is 5.79. The molecule has 10 heteroatoms. The molecule has 0 unspecified atom stereocenters. The fraction of sp³-hybridized carbons (Fsp3) is 0.267. The van der Waals surface area contributed by atoms with E-state index in [0.717, 1.165) is 23.2 Å². The summed E-state index contributed by atoms with van der Waals surface area (Å²) in [6.45, 7) is 5.59. The summed E-state index contributed by atoms with van der Waals surface area (Å²) in [5.74, 6) is -0.0302. The van der Waals surface area contributed by atoms with E-state index < -0.39 is 33.6 Å². The molecule has 2 heterocycles. The van der Waals surface area contributed by atoms with Crippen LogP contribution in [0.4, 0.5) is 11.5 Å². The summed E-state index contributed by atoms with van der Waals surface area (Å²) >= 11 is 0. The number of rotatable bonds is 8. The number of hydrogen-bond acceptors (Lipinski definition) is 6. The Bertz CT molecular complexity index is 1620. The summed E-state index contributed by atoms with van der Waals surface area (Å²) in [5.41, 5.74) is 3.56. The van der Waals surface area contributed by atoms with E-state index in [9.17, 15) is 18.3 Å². The summed E-state index contributed by atoms with van der Waals surface area (Å²) in [5, 5.41) is 24.4. The third-order valence-electron chi connectivity index (χ3n) is 7.19. The maximum atomic E-state index is 13.3. The van der Waals surface area contributed by atoms with Crippen LogP contribution in [0.3, 0.4) is 0 Å². The number of carbonyl (C=O) groups is 1. The van der Waals surface area contributed by atoms with Crippen molar-refractivity contribution in [1.29, 1.82) is 0 Å². The average molecular weight is 560 g/mol. The van der Waals surface area contributed by atoms with Gasteiger partial charge in [-0.1, -0.05) is 49.4 Å². The van der Waals surface area contributed by atoms with Gasteiger partial charge in [-0.15, -0.1) is 0 Å². The van der Waals surface area contributed by atoms with Crippen molar-refractivity contribution in [2.45, 2.75) is 56.2 Å². The molecule has 4 aromatic rings. The van der Waals surface area contributed by atoms with Crippen LogP contribution in [0.5, 0.6) is 0 Å². The van der Waals surface area contributed by atoms with Gasteiger partial charge in [0.05, 0.1) is 22.6 Å². The number of H-pyrrole nitrogens is 1. The predicted octanol–water partition coefficient (Wildman–Crippen LogP) is 4.40. The molecule has 5 N–H and O–H groups in total. The van der Waals surface area contributed by atoms with Gasteiger partial charge in [0.2, 0.25) is 10.0 Å². The molecule has 0 fully saturated rings. The summed E-state index contributed by atoms with van der Waals surface area (Å²) in [6, 6.07) is 22.3. The van der Waals surface area contributed by atoms with E-state index in [2.05, 4.69) is 25.6 Å². The summed E-state index contributed by atoms with van der Waals surface area (Å²) in [7, 11) is -3.97. The first kappa shape index (κ1) is 27.6. The van der Waals surface area contributed by atoms with E-state index in [4.69, 9.17) is 0 Å². The van der Waals surface area contributed by atoms with Crippen LogP contribution >= 0.6 is 0 Å². The number of carbonyl (C=O) groups excluding carboxylic acids is 1. The zero-order chi connectivity index (χ0) is 28.5. The van der Waals surface area contributed by atoms with Crippen LogP contribution in [-0.4, -0.2) is 41.3 Å². The molecule has 0 radical (unpaired) electrons. The second-order valence-corrected chi connectivity index (χ2v) is 12.3. The van der Waals surface area contributed by atoms with Crippen molar-refractivity contribution < 1.29 is 18.3 Å². The Morgan fingerprint density at radius 2 is 1.73 bits per heavy atom. The second kappa shape index (κ2) is 10.9. The minimum absolute atomic E-state index is 0.105. The lowest BCUT2D eigenvalue weighted by molar-refractivity contribution is 0.0770. The fourth-order valence-electron chi connectivity index (χ4n) is 4.87. The predicted molar refractivity (Wildman–Crippen MR) is 155 cm³/mol. The lowest BCUT2D eigenvalue weighted by Gasteiger charge is -2.43. The highest BCUT2D eigenvalue weighted by Crippen LogP contribution is 2.39. The number of sulfonamides is 1. The Kier molecular flexibility index (Phi) is 7.50. The highest BCUT2D eigenvalue weighted by Gasteiger charge is 2.43. The molecule has 5 rings (SSSR count). The van der Waals surface area contributed by atoms with Crippen LogP contribution < -0.4 is 15.4 Å². The van der Waals surface area contributed by atoms with Crippen molar-refractivity contribution >= 4 is 27.4 Å². The molecule has 0 bridgehead atoms. The monoisotopic (exact) mass is 559 g/mol.